The maximum Gasteiger partial charge on any atom is 0.411 e. The third-order valence-corrected chi connectivity index (χ3v) is 4.61. The number of carbonyl (C=O) groups excluding carboxylic acids is 1. The highest BCUT2D eigenvalue weighted by Gasteiger charge is 2.64. The third-order valence-electron chi connectivity index (χ3n) is 3.06. The first-order chi connectivity index (χ1) is 9.45. The molecule has 0 heterocycles. The van der Waals surface area contributed by atoms with Crippen molar-refractivity contribution in [2.45, 2.75) is 29.5 Å². The molecule has 10 heteroatoms. The van der Waals surface area contributed by atoms with Crippen LogP contribution in [0.3, 0.4) is 0 Å². The Kier molecular flexibility index (Phi) is 3.92. The number of halogens is 5. The van der Waals surface area contributed by atoms with Crippen molar-refractivity contribution in [3.8, 4) is 0 Å². The first-order valence-corrected chi connectivity index (χ1v) is 8.28. The number of hydrogen-bond acceptors (Lipinski definition) is 3. The Labute approximate surface area is 127 Å². The van der Waals surface area contributed by atoms with Crippen LogP contribution in [0.4, 0.5) is 13.2 Å². The van der Waals surface area contributed by atoms with Crippen LogP contribution in [0.25, 0.3) is 0 Å². The zero-order valence-corrected chi connectivity index (χ0v) is 12.5. The van der Waals surface area contributed by atoms with Gasteiger partial charge in [-0.05, 0) is 31.0 Å². The van der Waals surface area contributed by atoms with E-state index in [-0.39, 0.29) is 23.4 Å². The second kappa shape index (κ2) is 5.03. The molecule has 0 aromatic heterocycles. The largest absolute Gasteiger partial charge is 0.411 e. The molecule has 1 aromatic rings. The van der Waals surface area contributed by atoms with E-state index in [0.29, 0.717) is 0 Å². The van der Waals surface area contributed by atoms with Crippen molar-refractivity contribution >= 4 is 37.2 Å². The Hall–Kier alpha value is -0.990. The van der Waals surface area contributed by atoms with E-state index in [2.05, 4.69) is 0 Å². The molecule has 21 heavy (non-hydrogen) atoms. The lowest BCUT2D eigenvalue weighted by atomic mass is 10.1. The predicted octanol–water partition coefficient (Wildman–Crippen LogP) is 3.09. The minimum absolute atomic E-state index is 0.126. The maximum atomic E-state index is 12.8. The number of rotatable bonds is 3. The minimum atomic E-state index is -4.57. The molecule has 1 N–H and O–H groups in total. The third kappa shape index (κ3) is 3.44. The number of carbonyl (C=O) groups is 1. The lowest BCUT2D eigenvalue weighted by Crippen LogP contribution is -2.47. The van der Waals surface area contributed by atoms with E-state index in [1.165, 1.54) is 0 Å². The predicted molar refractivity (Wildman–Crippen MR) is 70.0 cm³/mol. The quantitative estimate of drug-likeness (QED) is 0.841. The topological polar surface area (TPSA) is 63.2 Å². The van der Waals surface area contributed by atoms with E-state index >= 15 is 0 Å². The van der Waals surface area contributed by atoms with Crippen LogP contribution in [-0.4, -0.2) is 26.0 Å². The van der Waals surface area contributed by atoms with Crippen molar-refractivity contribution < 1.29 is 26.4 Å². The normalized spacial score (nSPS) is 17.4. The second-order valence-electron chi connectivity index (χ2n) is 4.65. The van der Waals surface area contributed by atoms with Crippen molar-refractivity contribution in [2.75, 3.05) is 0 Å². The zero-order chi connectivity index (χ0) is 16.1. The Morgan fingerprint density at radius 2 is 1.81 bits per heavy atom. The molecule has 1 amide bonds. The van der Waals surface area contributed by atoms with Crippen molar-refractivity contribution in [3.63, 3.8) is 0 Å². The van der Waals surface area contributed by atoms with Crippen LogP contribution in [0, 0.1) is 0 Å². The average Bonchev–Trinajstić information content (AvgIpc) is 3.07. The number of hydrogen-bond donors (Lipinski definition) is 1. The van der Waals surface area contributed by atoms with E-state index in [4.69, 9.17) is 22.3 Å². The van der Waals surface area contributed by atoms with Gasteiger partial charge < -0.3 is 5.32 Å². The first kappa shape index (κ1) is 16.4. The number of amides is 1. The van der Waals surface area contributed by atoms with Gasteiger partial charge in [0.05, 0.1) is 4.90 Å². The highest BCUT2D eigenvalue weighted by Crippen LogP contribution is 2.49. The lowest BCUT2D eigenvalue weighted by molar-refractivity contribution is -0.163. The average molecular weight is 362 g/mol. The summed E-state index contributed by atoms with van der Waals surface area (Å²) < 4.78 is 60.7. The van der Waals surface area contributed by atoms with Gasteiger partial charge in [0.25, 0.3) is 15.0 Å². The Morgan fingerprint density at radius 3 is 2.24 bits per heavy atom. The van der Waals surface area contributed by atoms with E-state index < -0.39 is 31.6 Å². The fourth-order valence-electron chi connectivity index (χ4n) is 1.73. The summed E-state index contributed by atoms with van der Waals surface area (Å²) in [6, 6.07) is 2.93. The number of benzene rings is 1. The second-order valence-corrected chi connectivity index (χ2v) is 7.65. The molecule has 0 saturated heterocycles. The van der Waals surface area contributed by atoms with Gasteiger partial charge in [-0.15, -0.1) is 0 Å². The SMILES string of the molecule is O=C(NC1(C(F)(F)F)CC1)c1cc(Cl)cc(S(=O)(=O)Cl)c1. The van der Waals surface area contributed by atoms with Crippen LogP contribution in [0.15, 0.2) is 23.1 Å². The van der Waals surface area contributed by atoms with Crippen molar-refractivity contribution in [1.82, 2.24) is 5.32 Å². The summed E-state index contributed by atoms with van der Waals surface area (Å²) in [5, 5.41) is 1.74. The van der Waals surface area contributed by atoms with Crippen LogP contribution in [0.5, 0.6) is 0 Å². The van der Waals surface area contributed by atoms with E-state index in [9.17, 15) is 26.4 Å². The molecule has 1 fully saturated rings. The van der Waals surface area contributed by atoms with E-state index in [0.717, 1.165) is 18.2 Å². The highest BCUT2D eigenvalue weighted by atomic mass is 35.7. The smallest absolute Gasteiger partial charge is 0.338 e. The molecule has 4 nitrogen and oxygen atoms in total. The Bertz CT molecular complexity index is 699. The van der Waals surface area contributed by atoms with Gasteiger partial charge in [-0.25, -0.2) is 8.42 Å². The summed E-state index contributed by atoms with van der Waals surface area (Å²) in [5.41, 5.74) is -2.55. The van der Waals surface area contributed by atoms with Gasteiger partial charge in [0.1, 0.15) is 5.54 Å². The van der Waals surface area contributed by atoms with Gasteiger partial charge >= 0.3 is 6.18 Å². The van der Waals surface area contributed by atoms with Crippen LogP contribution in [0.2, 0.25) is 5.02 Å². The lowest BCUT2D eigenvalue weighted by Gasteiger charge is -2.20. The molecular formula is C11H8Cl2F3NO3S. The summed E-state index contributed by atoms with van der Waals surface area (Å²) in [6.45, 7) is 0. The Morgan fingerprint density at radius 1 is 1.24 bits per heavy atom. The maximum absolute atomic E-state index is 12.8. The van der Waals surface area contributed by atoms with Crippen LogP contribution < -0.4 is 5.32 Å². The number of alkyl halides is 3. The van der Waals surface area contributed by atoms with Crippen molar-refractivity contribution in [3.05, 3.63) is 28.8 Å². The molecule has 0 atom stereocenters. The molecule has 0 bridgehead atoms. The monoisotopic (exact) mass is 361 g/mol. The van der Waals surface area contributed by atoms with Gasteiger partial charge in [-0.3, -0.25) is 4.79 Å². The summed E-state index contributed by atoms with van der Waals surface area (Å²) in [5.74, 6) is -1.06. The molecule has 1 aliphatic carbocycles. The summed E-state index contributed by atoms with van der Waals surface area (Å²) in [7, 11) is 0.975. The zero-order valence-electron chi connectivity index (χ0n) is 10.2. The van der Waals surface area contributed by atoms with Gasteiger partial charge in [-0.1, -0.05) is 11.6 Å². The van der Waals surface area contributed by atoms with E-state index in [1.54, 1.807) is 0 Å². The number of nitrogens with one attached hydrogen (secondary N) is 1. The van der Waals surface area contributed by atoms with Gasteiger partial charge in [0.15, 0.2) is 0 Å². The van der Waals surface area contributed by atoms with Crippen molar-refractivity contribution in [2.24, 2.45) is 0 Å². The molecule has 0 spiro atoms. The highest BCUT2D eigenvalue weighted by molar-refractivity contribution is 8.13. The van der Waals surface area contributed by atoms with Gasteiger partial charge in [-0.2, -0.15) is 13.2 Å². The van der Waals surface area contributed by atoms with Crippen LogP contribution in [-0.2, 0) is 9.05 Å². The summed E-state index contributed by atoms with van der Waals surface area (Å²) in [6.07, 6.45) is -5.00. The molecule has 1 aromatic carbocycles. The molecule has 1 aliphatic rings. The molecule has 1 saturated carbocycles. The molecule has 0 unspecified atom stereocenters. The van der Waals surface area contributed by atoms with Gasteiger partial charge in [0.2, 0.25) is 0 Å². The standard InChI is InChI=1S/C11H8Cl2F3NO3S/c12-7-3-6(4-8(5-7)21(13,19)20)9(18)17-10(1-2-10)11(14,15)16/h3-5H,1-2H2,(H,17,18). The molecule has 0 radical (unpaired) electrons. The molecule has 2 rings (SSSR count). The van der Waals surface area contributed by atoms with Gasteiger partial charge in [0, 0.05) is 21.3 Å². The first-order valence-electron chi connectivity index (χ1n) is 5.59. The molecule has 0 aliphatic heterocycles. The Balaban J connectivity index is 2.31. The van der Waals surface area contributed by atoms with Crippen LogP contribution in [0.1, 0.15) is 23.2 Å². The fraction of sp³-hybridized carbons (Fsp3) is 0.364. The summed E-state index contributed by atoms with van der Waals surface area (Å²) >= 11 is 5.65. The minimum Gasteiger partial charge on any atom is -0.338 e. The molecular weight excluding hydrogens is 354 g/mol. The van der Waals surface area contributed by atoms with Crippen LogP contribution >= 0.6 is 22.3 Å². The fourth-order valence-corrected chi connectivity index (χ4v) is 2.83. The van der Waals surface area contributed by atoms with E-state index in [1.807, 2.05) is 5.32 Å². The summed E-state index contributed by atoms with van der Waals surface area (Å²) in [4.78, 5) is 11.4. The molecule has 116 valence electrons. The van der Waals surface area contributed by atoms with Crippen molar-refractivity contribution in [1.29, 1.82) is 0 Å².